The summed E-state index contributed by atoms with van der Waals surface area (Å²) in [4.78, 5) is 0. The fourth-order valence-corrected chi connectivity index (χ4v) is 7.35. The normalized spacial score (nSPS) is 11.5. The first-order valence-electron chi connectivity index (χ1n) is 15.9. The molecule has 0 aromatic heterocycles. The zero-order valence-electron chi connectivity index (χ0n) is 25.3. The summed E-state index contributed by atoms with van der Waals surface area (Å²) >= 11 is 0. The van der Waals surface area contributed by atoms with Crippen LogP contribution < -0.4 is 0 Å². The second kappa shape index (κ2) is 10.9. The Morgan fingerprint density at radius 1 is 0.217 bits per heavy atom. The zero-order chi connectivity index (χ0) is 30.5. The van der Waals surface area contributed by atoms with E-state index in [4.69, 9.17) is 0 Å². The molecule has 0 fully saturated rings. The number of hydrogen-bond donors (Lipinski definition) is 0. The van der Waals surface area contributed by atoms with Gasteiger partial charge in [0.15, 0.2) is 0 Å². The summed E-state index contributed by atoms with van der Waals surface area (Å²) in [6.45, 7) is 0. The second-order valence-electron chi connectivity index (χ2n) is 12.1. The highest BCUT2D eigenvalue weighted by atomic mass is 14.2. The van der Waals surface area contributed by atoms with E-state index in [0.29, 0.717) is 0 Å². The standard InChI is InChI=1S/C46H30/c1-2-14-33(15-3-1)44-30-36(27-28-39(44)38-24-12-18-32-16-6-7-19-37(32)38)46-42-22-10-8-20-40(42)45(41-21-9-11-23-43(41)46)35-26-25-31-13-4-5-17-34(31)29-35/h1-30H. The molecular formula is C46H30. The van der Waals surface area contributed by atoms with E-state index in [1.807, 2.05) is 0 Å². The highest BCUT2D eigenvalue weighted by Gasteiger charge is 2.19. The molecule has 9 aromatic carbocycles. The molecule has 9 aromatic rings. The molecule has 0 saturated carbocycles. The fourth-order valence-electron chi connectivity index (χ4n) is 7.35. The Morgan fingerprint density at radius 2 is 0.717 bits per heavy atom. The van der Waals surface area contributed by atoms with E-state index < -0.39 is 0 Å². The summed E-state index contributed by atoms with van der Waals surface area (Å²) in [5, 5.41) is 10.1. The van der Waals surface area contributed by atoms with Crippen molar-refractivity contribution in [2.24, 2.45) is 0 Å². The molecule has 0 unspecified atom stereocenters. The minimum Gasteiger partial charge on any atom is -0.0622 e. The molecule has 0 aliphatic rings. The Kier molecular flexibility index (Phi) is 6.25. The molecule has 46 heavy (non-hydrogen) atoms. The first-order valence-corrected chi connectivity index (χ1v) is 15.9. The van der Waals surface area contributed by atoms with Crippen LogP contribution in [0, 0.1) is 0 Å². The number of hydrogen-bond acceptors (Lipinski definition) is 0. The van der Waals surface area contributed by atoms with Crippen LogP contribution in [0.4, 0.5) is 0 Å². The van der Waals surface area contributed by atoms with Crippen molar-refractivity contribution < 1.29 is 0 Å². The van der Waals surface area contributed by atoms with Gasteiger partial charge in [-0.3, -0.25) is 0 Å². The van der Waals surface area contributed by atoms with Gasteiger partial charge in [-0.1, -0.05) is 170 Å². The van der Waals surface area contributed by atoms with Gasteiger partial charge in [-0.15, -0.1) is 0 Å². The smallest absolute Gasteiger partial charge is 0.00261 e. The molecule has 214 valence electrons. The summed E-state index contributed by atoms with van der Waals surface area (Å²) in [5.74, 6) is 0. The number of rotatable bonds is 4. The van der Waals surface area contributed by atoms with Gasteiger partial charge in [0.2, 0.25) is 0 Å². The molecule has 0 aliphatic carbocycles. The van der Waals surface area contributed by atoms with E-state index >= 15 is 0 Å². The quantitative estimate of drug-likeness (QED) is 0.181. The number of benzene rings is 9. The lowest BCUT2D eigenvalue weighted by atomic mass is 9.83. The van der Waals surface area contributed by atoms with E-state index in [0.717, 1.165) is 0 Å². The molecule has 9 rings (SSSR count). The third-order valence-electron chi connectivity index (χ3n) is 9.44. The summed E-state index contributed by atoms with van der Waals surface area (Å²) in [6, 6.07) is 66.6. The van der Waals surface area contributed by atoms with Crippen LogP contribution in [0.15, 0.2) is 182 Å². The average Bonchev–Trinajstić information content (AvgIpc) is 3.13. The second-order valence-corrected chi connectivity index (χ2v) is 12.1. The maximum Gasteiger partial charge on any atom is -0.00261 e. The molecule has 0 radical (unpaired) electrons. The van der Waals surface area contributed by atoms with Gasteiger partial charge in [-0.2, -0.15) is 0 Å². The van der Waals surface area contributed by atoms with Crippen LogP contribution in [0.3, 0.4) is 0 Å². The van der Waals surface area contributed by atoms with E-state index in [2.05, 4.69) is 182 Å². The van der Waals surface area contributed by atoms with Crippen molar-refractivity contribution in [3.63, 3.8) is 0 Å². The van der Waals surface area contributed by atoms with E-state index in [1.54, 1.807) is 0 Å². The predicted octanol–water partition coefficient (Wildman–Crippen LogP) is 13.0. The van der Waals surface area contributed by atoms with Crippen molar-refractivity contribution in [2.45, 2.75) is 0 Å². The van der Waals surface area contributed by atoms with Gasteiger partial charge >= 0.3 is 0 Å². The molecule has 0 amide bonds. The van der Waals surface area contributed by atoms with E-state index in [-0.39, 0.29) is 0 Å². The average molecular weight is 583 g/mol. The lowest BCUT2D eigenvalue weighted by Gasteiger charge is -2.20. The van der Waals surface area contributed by atoms with Crippen LogP contribution in [-0.2, 0) is 0 Å². The highest BCUT2D eigenvalue weighted by molar-refractivity contribution is 6.22. The summed E-state index contributed by atoms with van der Waals surface area (Å²) in [5.41, 5.74) is 9.98. The van der Waals surface area contributed by atoms with Crippen LogP contribution >= 0.6 is 0 Å². The predicted molar refractivity (Wildman–Crippen MR) is 198 cm³/mol. The molecule has 0 aliphatic heterocycles. The summed E-state index contributed by atoms with van der Waals surface area (Å²) < 4.78 is 0. The van der Waals surface area contributed by atoms with Crippen molar-refractivity contribution in [1.82, 2.24) is 0 Å². The largest absolute Gasteiger partial charge is 0.0622 e. The van der Waals surface area contributed by atoms with Crippen molar-refractivity contribution in [1.29, 1.82) is 0 Å². The Morgan fingerprint density at radius 3 is 1.39 bits per heavy atom. The van der Waals surface area contributed by atoms with Crippen molar-refractivity contribution >= 4 is 43.1 Å². The zero-order valence-corrected chi connectivity index (χ0v) is 25.3. The molecule has 0 heteroatoms. The lowest BCUT2D eigenvalue weighted by Crippen LogP contribution is -1.93. The molecular weight excluding hydrogens is 553 g/mol. The van der Waals surface area contributed by atoms with Gasteiger partial charge in [0.1, 0.15) is 0 Å². The molecule has 0 nitrogen and oxygen atoms in total. The van der Waals surface area contributed by atoms with Gasteiger partial charge in [0, 0.05) is 0 Å². The number of fused-ring (bicyclic) bond motifs is 4. The third kappa shape index (κ3) is 4.30. The van der Waals surface area contributed by atoms with Crippen LogP contribution in [0.2, 0.25) is 0 Å². The first-order chi connectivity index (χ1) is 22.8. The summed E-state index contributed by atoms with van der Waals surface area (Å²) in [6.07, 6.45) is 0. The van der Waals surface area contributed by atoms with Gasteiger partial charge in [0.05, 0.1) is 0 Å². The minimum absolute atomic E-state index is 1.22. The van der Waals surface area contributed by atoms with Gasteiger partial charge < -0.3 is 0 Å². The monoisotopic (exact) mass is 582 g/mol. The summed E-state index contributed by atoms with van der Waals surface area (Å²) in [7, 11) is 0. The highest BCUT2D eigenvalue weighted by Crippen LogP contribution is 2.46. The minimum atomic E-state index is 1.22. The Labute approximate surface area is 268 Å². The SMILES string of the molecule is c1ccc(-c2cc(-c3c4ccccc4c(-c4ccc5ccccc5c4)c4ccccc34)ccc2-c2cccc3ccccc23)cc1. The Balaban J connectivity index is 1.34. The maximum atomic E-state index is 2.41. The topological polar surface area (TPSA) is 0 Å². The Bertz CT molecular complexity index is 2510. The van der Waals surface area contributed by atoms with Crippen molar-refractivity contribution in [3.05, 3.63) is 182 Å². The maximum absolute atomic E-state index is 2.41. The van der Waals surface area contributed by atoms with Crippen LogP contribution in [0.5, 0.6) is 0 Å². The molecule has 0 bridgehead atoms. The van der Waals surface area contributed by atoms with E-state index in [9.17, 15) is 0 Å². The molecule has 0 N–H and O–H groups in total. The van der Waals surface area contributed by atoms with Gasteiger partial charge in [-0.25, -0.2) is 0 Å². The van der Waals surface area contributed by atoms with Crippen LogP contribution in [-0.4, -0.2) is 0 Å². The molecule has 0 spiro atoms. The fraction of sp³-hybridized carbons (Fsp3) is 0. The van der Waals surface area contributed by atoms with Crippen LogP contribution in [0.25, 0.3) is 87.6 Å². The van der Waals surface area contributed by atoms with Crippen molar-refractivity contribution in [2.75, 3.05) is 0 Å². The first kappa shape index (κ1) is 26.4. The molecule has 0 heterocycles. The van der Waals surface area contributed by atoms with Crippen molar-refractivity contribution in [3.8, 4) is 44.5 Å². The van der Waals surface area contributed by atoms with Gasteiger partial charge in [-0.05, 0) is 99.7 Å². The third-order valence-corrected chi connectivity index (χ3v) is 9.44. The van der Waals surface area contributed by atoms with Crippen LogP contribution in [0.1, 0.15) is 0 Å². The molecule has 0 saturated heterocycles. The lowest BCUT2D eigenvalue weighted by molar-refractivity contribution is 1.59. The Hall–Kier alpha value is -5.98. The van der Waals surface area contributed by atoms with Gasteiger partial charge in [0.25, 0.3) is 0 Å². The molecule has 0 atom stereocenters. The van der Waals surface area contributed by atoms with E-state index in [1.165, 1.54) is 87.6 Å².